The van der Waals surface area contributed by atoms with E-state index in [1.165, 1.54) is 11.3 Å². The molecule has 0 aliphatic carbocycles. The van der Waals surface area contributed by atoms with Gasteiger partial charge < -0.3 is 19.5 Å². The van der Waals surface area contributed by atoms with Crippen LogP contribution in [-0.2, 0) is 4.79 Å². The fourth-order valence-electron chi connectivity index (χ4n) is 3.27. The van der Waals surface area contributed by atoms with Crippen LogP contribution >= 0.6 is 11.3 Å². The highest BCUT2D eigenvalue weighted by atomic mass is 32.1. The van der Waals surface area contributed by atoms with Gasteiger partial charge in [0.25, 0.3) is 5.91 Å². The van der Waals surface area contributed by atoms with Gasteiger partial charge in [-0.15, -0.1) is 11.3 Å². The molecule has 0 fully saturated rings. The van der Waals surface area contributed by atoms with Gasteiger partial charge in [-0.1, -0.05) is 18.2 Å². The number of nitrogens with one attached hydrogen (secondary N) is 1. The molecular formula is C23H20N4O4S. The average Bonchev–Trinajstić information content (AvgIpc) is 3.53. The Morgan fingerprint density at radius 1 is 1.16 bits per heavy atom. The first-order chi connectivity index (χ1) is 15.6. The normalized spacial score (nSPS) is 13.1. The summed E-state index contributed by atoms with van der Waals surface area (Å²) in [5.74, 6) is 2.31. The van der Waals surface area contributed by atoms with Gasteiger partial charge >= 0.3 is 0 Å². The summed E-state index contributed by atoms with van der Waals surface area (Å²) in [6.07, 6.45) is -0.679. The van der Waals surface area contributed by atoms with Gasteiger partial charge in [0.15, 0.2) is 17.6 Å². The second kappa shape index (κ2) is 8.35. The second-order valence-electron chi connectivity index (χ2n) is 7.23. The van der Waals surface area contributed by atoms with Gasteiger partial charge in [-0.05, 0) is 44.2 Å². The van der Waals surface area contributed by atoms with Crippen molar-refractivity contribution in [2.45, 2.75) is 20.0 Å². The SMILES string of the molecule is Cc1cc(NC(=O)C(C)Oc2ccccc2)n(-c2nc(-c3ccc4c(c3)OCO4)cs2)n1. The third-order valence-corrected chi connectivity index (χ3v) is 5.67. The molecule has 0 radical (unpaired) electrons. The van der Waals surface area contributed by atoms with Gasteiger partial charge in [-0.2, -0.15) is 9.78 Å². The van der Waals surface area contributed by atoms with E-state index in [0.29, 0.717) is 22.4 Å². The Hall–Kier alpha value is -3.85. The zero-order valence-electron chi connectivity index (χ0n) is 17.4. The highest BCUT2D eigenvalue weighted by Gasteiger charge is 2.20. The molecule has 32 heavy (non-hydrogen) atoms. The van der Waals surface area contributed by atoms with Crippen molar-refractivity contribution in [2.24, 2.45) is 0 Å². The largest absolute Gasteiger partial charge is 0.481 e. The molecule has 1 atom stereocenters. The number of anilines is 1. The lowest BCUT2D eigenvalue weighted by Gasteiger charge is -2.14. The number of ether oxygens (including phenoxy) is 3. The van der Waals surface area contributed by atoms with E-state index in [4.69, 9.17) is 19.2 Å². The van der Waals surface area contributed by atoms with Crippen LogP contribution in [-0.4, -0.2) is 33.6 Å². The smallest absolute Gasteiger partial charge is 0.266 e. The number of aromatic nitrogens is 3. The molecule has 162 valence electrons. The van der Waals surface area contributed by atoms with Crippen molar-refractivity contribution in [1.29, 1.82) is 0 Å². The molecule has 0 bridgehead atoms. The number of thiazole rings is 1. The van der Waals surface area contributed by atoms with E-state index in [9.17, 15) is 4.79 Å². The summed E-state index contributed by atoms with van der Waals surface area (Å²) in [5, 5.41) is 9.98. The average molecular weight is 449 g/mol. The number of amides is 1. The molecule has 1 N–H and O–H groups in total. The lowest BCUT2D eigenvalue weighted by Crippen LogP contribution is -2.30. The number of para-hydroxylation sites is 1. The van der Waals surface area contributed by atoms with E-state index in [2.05, 4.69) is 10.4 Å². The highest BCUT2D eigenvalue weighted by Crippen LogP contribution is 2.36. The van der Waals surface area contributed by atoms with E-state index in [-0.39, 0.29) is 12.7 Å². The summed E-state index contributed by atoms with van der Waals surface area (Å²) in [7, 11) is 0. The number of carbonyl (C=O) groups excluding carboxylic acids is 1. The van der Waals surface area contributed by atoms with Crippen molar-refractivity contribution in [3.05, 3.63) is 65.7 Å². The number of rotatable bonds is 6. The number of benzene rings is 2. The van der Waals surface area contributed by atoms with E-state index in [1.807, 2.05) is 60.8 Å². The van der Waals surface area contributed by atoms with Crippen LogP contribution in [0.4, 0.5) is 5.82 Å². The fourth-order valence-corrected chi connectivity index (χ4v) is 4.06. The Bertz CT molecular complexity index is 1270. The predicted octanol–water partition coefficient (Wildman–Crippen LogP) is 4.44. The lowest BCUT2D eigenvalue weighted by atomic mass is 10.1. The molecule has 1 unspecified atom stereocenters. The Balaban J connectivity index is 1.35. The van der Waals surface area contributed by atoms with Crippen LogP contribution in [0.2, 0.25) is 0 Å². The Morgan fingerprint density at radius 3 is 2.81 bits per heavy atom. The monoisotopic (exact) mass is 448 g/mol. The van der Waals surface area contributed by atoms with Crippen LogP contribution < -0.4 is 19.5 Å². The topological polar surface area (TPSA) is 87.5 Å². The molecule has 3 heterocycles. The van der Waals surface area contributed by atoms with Crippen LogP contribution in [0.3, 0.4) is 0 Å². The van der Waals surface area contributed by atoms with Gasteiger partial charge in [-0.3, -0.25) is 4.79 Å². The van der Waals surface area contributed by atoms with Crippen LogP contribution in [0.1, 0.15) is 12.6 Å². The van der Waals surface area contributed by atoms with Crippen LogP contribution in [0.5, 0.6) is 17.2 Å². The van der Waals surface area contributed by atoms with Crippen molar-refractivity contribution in [3.63, 3.8) is 0 Å². The zero-order valence-corrected chi connectivity index (χ0v) is 18.3. The Kier molecular flexibility index (Phi) is 5.24. The molecule has 2 aromatic carbocycles. The minimum atomic E-state index is -0.679. The molecule has 0 spiro atoms. The van der Waals surface area contributed by atoms with Crippen molar-refractivity contribution < 1.29 is 19.0 Å². The summed E-state index contributed by atoms with van der Waals surface area (Å²) >= 11 is 1.43. The number of aryl methyl sites for hydroxylation is 1. The minimum Gasteiger partial charge on any atom is -0.481 e. The summed E-state index contributed by atoms with van der Waals surface area (Å²) < 4.78 is 18.2. The Labute approximate surface area is 188 Å². The Morgan fingerprint density at radius 2 is 1.97 bits per heavy atom. The molecule has 2 aromatic heterocycles. The molecule has 0 saturated carbocycles. The van der Waals surface area contributed by atoms with Crippen molar-refractivity contribution in [3.8, 4) is 33.6 Å². The maximum atomic E-state index is 12.7. The molecule has 4 aromatic rings. The molecule has 1 aliphatic heterocycles. The van der Waals surface area contributed by atoms with Crippen LogP contribution in [0.25, 0.3) is 16.4 Å². The van der Waals surface area contributed by atoms with Gasteiger partial charge in [0.05, 0.1) is 11.4 Å². The first-order valence-electron chi connectivity index (χ1n) is 10.0. The molecule has 0 saturated heterocycles. The van der Waals surface area contributed by atoms with Crippen LogP contribution in [0.15, 0.2) is 60.0 Å². The molecule has 9 heteroatoms. The zero-order chi connectivity index (χ0) is 22.1. The molecule has 5 rings (SSSR count). The summed E-state index contributed by atoms with van der Waals surface area (Å²) in [6.45, 7) is 3.79. The van der Waals surface area contributed by atoms with Gasteiger partial charge in [-0.25, -0.2) is 4.98 Å². The number of hydrogen-bond donors (Lipinski definition) is 1. The van der Waals surface area contributed by atoms with E-state index < -0.39 is 6.10 Å². The standard InChI is InChI=1S/C23H20N4O4S/c1-14-10-21(25-22(28)15(2)31-17-6-4-3-5-7-17)27(26-14)23-24-18(12-32-23)16-8-9-19-20(11-16)30-13-29-19/h3-12,15H,13H2,1-2H3,(H,25,28). The summed E-state index contributed by atoms with van der Waals surface area (Å²) in [6, 6.07) is 16.7. The molecule has 8 nitrogen and oxygen atoms in total. The van der Waals surface area contributed by atoms with Gasteiger partial charge in [0.1, 0.15) is 11.6 Å². The lowest BCUT2D eigenvalue weighted by molar-refractivity contribution is -0.122. The summed E-state index contributed by atoms with van der Waals surface area (Å²) in [5.41, 5.74) is 2.46. The number of carbonyl (C=O) groups is 1. The number of nitrogens with zero attached hydrogens (tertiary/aromatic N) is 3. The highest BCUT2D eigenvalue weighted by molar-refractivity contribution is 7.12. The first kappa shape index (κ1) is 20.1. The van der Waals surface area contributed by atoms with E-state index >= 15 is 0 Å². The molecule has 1 aliphatic rings. The minimum absolute atomic E-state index is 0.225. The molecule has 1 amide bonds. The maximum absolute atomic E-state index is 12.7. The van der Waals surface area contributed by atoms with Gasteiger partial charge in [0, 0.05) is 17.0 Å². The van der Waals surface area contributed by atoms with Crippen molar-refractivity contribution in [2.75, 3.05) is 12.1 Å². The van der Waals surface area contributed by atoms with Gasteiger partial charge in [0.2, 0.25) is 11.9 Å². The number of hydrogen-bond acceptors (Lipinski definition) is 7. The maximum Gasteiger partial charge on any atom is 0.266 e. The van der Waals surface area contributed by atoms with Crippen molar-refractivity contribution in [1.82, 2.24) is 14.8 Å². The summed E-state index contributed by atoms with van der Waals surface area (Å²) in [4.78, 5) is 17.4. The third kappa shape index (κ3) is 4.02. The number of fused-ring (bicyclic) bond motifs is 1. The fraction of sp³-hybridized carbons (Fsp3) is 0.174. The van der Waals surface area contributed by atoms with Crippen LogP contribution in [0, 0.1) is 6.92 Å². The third-order valence-electron chi connectivity index (χ3n) is 4.85. The molecular weight excluding hydrogens is 428 g/mol. The van der Waals surface area contributed by atoms with E-state index in [0.717, 1.165) is 22.7 Å². The van der Waals surface area contributed by atoms with Crippen molar-refractivity contribution >= 4 is 23.1 Å². The second-order valence-corrected chi connectivity index (χ2v) is 8.07. The first-order valence-corrected chi connectivity index (χ1v) is 10.9. The quantitative estimate of drug-likeness (QED) is 0.469. The predicted molar refractivity (Wildman–Crippen MR) is 121 cm³/mol. The van der Waals surface area contributed by atoms with E-state index in [1.54, 1.807) is 17.7 Å².